The Morgan fingerprint density at radius 2 is 1.67 bits per heavy atom. The van der Waals surface area contributed by atoms with Gasteiger partial charge in [0.25, 0.3) is 0 Å². The zero-order valence-corrected chi connectivity index (χ0v) is 10.1. The van der Waals surface area contributed by atoms with Gasteiger partial charge >= 0.3 is 0 Å². The molecular weight excluding hydrogens is 194 g/mol. The average Bonchev–Trinajstić information content (AvgIpc) is 2.14. The Morgan fingerprint density at radius 1 is 1.20 bits per heavy atom. The molecule has 0 aromatic heterocycles. The third-order valence-electron chi connectivity index (χ3n) is 2.19. The van der Waals surface area contributed by atoms with Crippen LogP contribution < -0.4 is 11.1 Å². The molecule has 88 valence electrons. The van der Waals surface area contributed by atoms with Gasteiger partial charge in [0.15, 0.2) is 0 Å². The van der Waals surface area contributed by atoms with Crippen molar-refractivity contribution in [3.63, 3.8) is 0 Å². The molecule has 0 rings (SSSR count). The summed E-state index contributed by atoms with van der Waals surface area (Å²) < 4.78 is 0. The summed E-state index contributed by atoms with van der Waals surface area (Å²) in [5.74, 6) is -0.362. The van der Waals surface area contributed by atoms with Crippen LogP contribution in [0.25, 0.3) is 0 Å². The summed E-state index contributed by atoms with van der Waals surface area (Å²) in [6.07, 6.45) is 0. The summed E-state index contributed by atoms with van der Waals surface area (Å²) >= 11 is 0. The maximum Gasteiger partial charge on any atom is 0.244 e. The summed E-state index contributed by atoms with van der Waals surface area (Å²) in [6.45, 7) is 5.37. The highest BCUT2D eigenvalue weighted by atomic mass is 16.2. The number of nitrogens with zero attached hydrogens (tertiary/aromatic N) is 1. The summed E-state index contributed by atoms with van der Waals surface area (Å²) in [6, 6.07) is -1.10. The van der Waals surface area contributed by atoms with Crippen LogP contribution in [0.15, 0.2) is 0 Å². The molecule has 0 aromatic carbocycles. The first kappa shape index (κ1) is 13.9. The van der Waals surface area contributed by atoms with Crippen LogP contribution >= 0.6 is 0 Å². The van der Waals surface area contributed by atoms with Crippen LogP contribution in [0.2, 0.25) is 0 Å². The summed E-state index contributed by atoms with van der Waals surface area (Å²) in [5, 5.41) is 2.59. The minimum Gasteiger partial charge on any atom is -0.347 e. The molecule has 0 aliphatic heterocycles. The molecule has 0 bridgehead atoms. The lowest BCUT2D eigenvalue weighted by Gasteiger charge is -2.21. The second-order valence-electron chi connectivity index (χ2n) is 4.23. The van der Waals surface area contributed by atoms with E-state index in [4.69, 9.17) is 5.73 Å². The Balaban J connectivity index is 4.24. The highest BCUT2D eigenvalue weighted by Gasteiger charge is 2.22. The largest absolute Gasteiger partial charge is 0.347 e. The molecular formula is C10H21N3O2. The van der Waals surface area contributed by atoms with Gasteiger partial charge in [-0.1, -0.05) is 13.8 Å². The predicted octanol–water partition coefficient (Wildman–Crippen LogP) is -0.437. The SMILES string of the molecule is CC(NC(=O)C(N)C(C)C)C(=O)N(C)C. The fraction of sp³-hybridized carbons (Fsp3) is 0.800. The van der Waals surface area contributed by atoms with Crippen molar-refractivity contribution < 1.29 is 9.59 Å². The minimum atomic E-state index is -0.567. The van der Waals surface area contributed by atoms with Gasteiger partial charge in [-0.2, -0.15) is 0 Å². The van der Waals surface area contributed by atoms with Crippen molar-refractivity contribution in [2.45, 2.75) is 32.9 Å². The first-order chi connectivity index (χ1) is 6.77. The summed E-state index contributed by atoms with van der Waals surface area (Å²) in [5.41, 5.74) is 5.65. The molecule has 0 spiro atoms. The van der Waals surface area contributed by atoms with E-state index in [1.54, 1.807) is 21.0 Å². The van der Waals surface area contributed by atoms with Crippen LogP contribution in [-0.2, 0) is 9.59 Å². The summed E-state index contributed by atoms with van der Waals surface area (Å²) in [7, 11) is 3.29. The number of hydrogen-bond donors (Lipinski definition) is 2. The number of amides is 2. The Kier molecular flexibility index (Phi) is 5.28. The number of likely N-dealkylation sites (N-methyl/N-ethyl adjacent to an activating group) is 1. The fourth-order valence-electron chi connectivity index (χ4n) is 1.06. The molecule has 5 heteroatoms. The van der Waals surface area contributed by atoms with E-state index < -0.39 is 12.1 Å². The highest BCUT2D eigenvalue weighted by Crippen LogP contribution is 1.99. The van der Waals surface area contributed by atoms with E-state index in [0.29, 0.717) is 0 Å². The molecule has 0 aliphatic rings. The van der Waals surface area contributed by atoms with Crippen molar-refractivity contribution in [2.75, 3.05) is 14.1 Å². The van der Waals surface area contributed by atoms with Gasteiger partial charge in [-0.25, -0.2) is 0 Å². The van der Waals surface area contributed by atoms with Crippen molar-refractivity contribution in [3.05, 3.63) is 0 Å². The fourth-order valence-corrected chi connectivity index (χ4v) is 1.06. The van der Waals surface area contributed by atoms with Gasteiger partial charge in [-0.3, -0.25) is 9.59 Å². The van der Waals surface area contributed by atoms with Crippen LogP contribution in [0.3, 0.4) is 0 Å². The third kappa shape index (κ3) is 4.29. The predicted molar refractivity (Wildman–Crippen MR) is 59.1 cm³/mol. The van der Waals surface area contributed by atoms with Crippen molar-refractivity contribution >= 4 is 11.8 Å². The van der Waals surface area contributed by atoms with Crippen LogP contribution in [0.1, 0.15) is 20.8 Å². The standard InChI is InChI=1S/C10H21N3O2/c1-6(2)8(11)9(14)12-7(3)10(15)13(4)5/h6-8H,11H2,1-5H3,(H,12,14). The van der Waals surface area contributed by atoms with Crippen LogP contribution in [0.5, 0.6) is 0 Å². The maximum absolute atomic E-state index is 11.5. The van der Waals surface area contributed by atoms with Crippen LogP contribution in [0.4, 0.5) is 0 Å². The van der Waals surface area contributed by atoms with E-state index in [0.717, 1.165) is 0 Å². The molecule has 5 nitrogen and oxygen atoms in total. The second-order valence-corrected chi connectivity index (χ2v) is 4.23. The first-order valence-corrected chi connectivity index (χ1v) is 5.04. The molecule has 2 atom stereocenters. The van der Waals surface area contributed by atoms with Gasteiger partial charge in [0.05, 0.1) is 6.04 Å². The monoisotopic (exact) mass is 215 g/mol. The molecule has 2 amide bonds. The normalized spacial score (nSPS) is 14.6. The molecule has 0 fully saturated rings. The Morgan fingerprint density at radius 3 is 2.00 bits per heavy atom. The van der Waals surface area contributed by atoms with Crippen molar-refractivity contribution in [1.29, 1.82) is 0 Å². The Hall–Kier alpha value is -1.10. The van der Waals surface area contributed by atoms with Crippen molar-refractivity contribution in [2.24, 2.45) is 11.7 Å². The zero-order chi connectivity index (χ0) is 12.2. The zero-order valence-electron chi connectivity index (χ0n) is 10.1. The average molecular weight is 215 g/mol. The van der Waals surface area contributed by atoms with Gasteiger partial charge in [0, 0.05) is 14.1 Å². The number of nitrogens with one attached hydrogen (secondary N) is 1. The van der Waals surface area contributed by atoms with Crippen LogP contribution in [-0.4, -0.2) is 42.9 Å². The number of hydrogen-bond acceptors (Lipinski definition) is 3. The van der Waals surface area contributed by atoms with Gasteiger partial charge < -0.3 is 16.0 Å². The molecule has 3 N–H and O–H groups in total. The number of carbonyl (C=O) groups excluding carboxylic acids is 2. The molecule has 0 aromatic rings. The summed E-state index contributed by atoms with van der Waals surface area (Å²) in [4.78, 5) is 24.4. The van der Waals surface area contributed by atoms with Gasteiger partial charge in [-0.15, -0.1) is 0 Å². The Labute approximate surface area is 91.0 Å². The van der Waals surface area contributed by atoms with Gasteiger partial charge in [0.2, 0.25) is 11.8 Å². The molecule has 0 saturated heterocycles. The number of nitrogens with two attached hydrogens (primary N) is 1. The topological polar surface area (TPSA) is 75.4 Å². The van der Waals surface area contributed by atoms with Gasteiger partial charge in [0.1, 0.15) is 6.04 Å². The first-order valence-electron chi connectivity index (χ1n) is 5.04. The second kappa shape index (κ2) is 5.70. The Bertz CT molecular complexity index is 239. The van der Waals surface area contributed by atoms with E-state index in [-0.39, 0.29) is 17.7 Å². The maximum atomic E-state index is 11.5. The minimum absolute atomic E-state index is 0.0617. The van der Waals surface area contributed by atoms with E-state index in [2.05, 4.69) is 5.32 Å². The van der Waals surface area contributed by atoms with E-state index in [1.165, 1.54) is 4.90 Å². The quantitative estimate of drug-likeness (QED) is 0.667. The number of rotatable bonds is 4. The van der Waals surface area contributed by atoms with Crippen molar-refractivity contribution in [1.82, 2.24) is 10.2 Å². The molecule has 0 saturated carbocycles. The smallest absolute Gasteiger partial charge is 0.244 e. The van der Waals surface area contributed by atoms with E-state index in [1.807, 2.05) is 13.8 Å². The van der Waals surface area contributed by atoms with Gasteiger partial charge in [-0.05, 0) is 12.8 Å². The lowest BCUT2D eigenvalue weighted by Crippen LogP contribution is -2.51. The molecule has 0 heterocycles. The highest BCUT2D eigenvalue weighted by molar-refractivity contribution is 5.89. The van der Waals surface area contributed by atoms with E-state index in [9.17, 15) is 9.59 Å². The molecule has 2 unspecified atom stereocenters. The number of carbonyl (C=O) groups is 2. The molecule has 15 heavy (non-hydrogen) atoms. The van der Waals surface area contributed by atoms with E-state index >= 15 is 0 Å². The van der Waals surface area contributed by atoms with Crippen molar-refractivity contribution in [3.8, 4) is 0 Å². The third-order valence-corrected chi connectivity index (χ3v) is 2.19. The van der Waals surface area contributed by atoms with Crippen LogP contribution in [0, 0.1) is 5.92 Å². The molecule has 0 radical (unpaired) electrons. The molecule has 0 aliphatic carbocycles. The lowest BCUT2D eigenvalue weighted by molar-refractivity contribution is -0.134. The lowest BCUT2D eigenvalue weighted by atomic mass is 10.0.